The molecule has 4 nitrogen and oxygen atoms in total. The molecule has 0 atom stereocenters. The maximum Gasteiger partial charge on any atom is 0.102 e. The lowest BCUT2D eigenvalue weighted by atomic mass is 9.82. The molecule has 0 unspecified atom stereocenters. The number of nitriles is 2. The van der Waals surface area contributed by atoms with Gasteiger partial charge in [0.05, 0.1) is 22.5 Å². The molecule has 14 aromatic rings. The monoisotopic (exact) mass is 1020 g/mol. The van der Waals surface area contributed by atoms with Crippen LogP contribution < -0.4 is 9.80 Å². The summed E-state index contributed by atoms with van der Waals surface area (Å²) in [6.07, 6.45) is 0. The second-order valence-electron chi connectivity index (χ2n) is 23.0. The van der Waals surface area contributed by atoms with Crippen LogP contribution >= 0.6 is 0 Å². The van der Waals surface area contributed by atoms with Crippen molar-refractivity contribution in [2.75, 3.05) is 9.80 Å². The molecule has 0 bridgehead atoms. The number of benzene rings is 14. The molecular weight excluding hydrogens is 969 g/mol. The van der Waals surface area contributed by atoms with E-state index in [0.29, 0.717) is 11.1 Å². The van der Waals surface area contributed by atoms with Gasteiger partial charge in [0.25, 0.3) is 0 Å². The van der Waals surface area contributed by atoms with Crippen molar-refractivity contribution in [1.82, 2.24) is 0 Å². The van der Waals surface area contributed by atoms with E-state index in [9.17, 15) is 10.5 Å². The van der Waals surface area contributed by atoms with Crippen LogP contribution in [0.2, 0.25) is 0 Å². The molecular formula is C76H50N4. The molecule has 4 heteroatoms. The van der Waals surface area contributed by atoms with Crippen molar-refractivity contribution < 1.29 is 0 Å². The van der Waals surface area contributed by atoms with E-state index in [1.54, 1.807) is 0 Å². The van der Waals surface area contributed by atoms with Gasteiger partial charge in [-0.25, -0.2) is 0 Å². The Kier molecular flexibility index (Phi) is 9.54. The summed E-state index contributed by atoms with van der Waals surface area (Å²) in [7, 11) is 0. The number of rotatable bonds is 6. The van der Waals surface area contributed by atoms with Crippen LogP contribution in [0.15, 0.2) is 231 Å². The van der Waals surface area contributed by atoms with Crippen molar-refractivity contribution in [2.24, 2.45) is 0 Å². The molecule has 0 radical (unpaired) electrons. The largest absolute Gasteiger partial charge is 0.309 e. The summed E-state index contributed by atoms with van der Waals surface area (Å²) < 4.78 is 0. The Morgan fingerprint density at radius 2 is 0.625 bits per heavy atom. The maximum atomic E-state index is 11.7. The quantitative estimate of drug-likeness (QED) is 0.156. The molecule has 0 fully saturated rings. The first-order chi connectivity index (χ1) is 39.1. The summed E-state index contributed by atoms with van der Waals surface area (Å²) in [6.45, 7) is 9.27. The van der Waals surface area contributed by atoms with Crippen LogP contribution in [0.3, 0.4) is 0 Å². The highest BCUT2D eigenvalue weighted by atomic mass is 15.2. The Labute approximate surface area is 464 Å². The molecule has 0 aromatic heterocycles. The Bertz CT molecular complexity index is 4800. The van der Waals surface area contributed by atoms with E-state index < -0.39 is 0 Å². The van der Waals surface area contributed by atoms with Gasteiger partial charge in [-0.15, -0.1) is 0 Å². The predicted molar refractivity (Wildman–Crippen MR) is 334 cm³/mol. The lowest BCUT2D eigenvalue weighted by molar-refractivity contribution is 0.660. The van der Waals surface area contributed by atoms with Gasteiger partial charge in [-0.1, -0.05) is 198 Å². The van der Waals surface area contributed by atoms with Crippen molar-refractivity contribution in [3.05, 3.63) is 264 Å². The number of hydrogen-bond acceptors (Lipinski definition) is 4. The zero-order valence-corrected chi connectivity index (χ0v) is 44.7. The molecule has 0 N–H and O–H groups in total. The molecule has 0 heterocycles. The lowest BCUT2D eigenvalue weighted by Gasteiger charge is -2.31. The Hall–Kier alpha value is -10.3. The normalized spacial score (nSPS) is 13.7. The summed E-state index contributed by atoms with van der Waals surface area (Å²) in [4.78, 5) is 4.60. The molecule has 0 amide bonds. The fourth-order valence-electron chi connectivity index (χ4n) is 14.3. The summed E-state index contributed by atoms with van der Waals surface area (Å²) in [5.41, 5.74) is 16.3. The summed E-state index contributed by atoms with van der Waals surface area (Å²) in [5, 5.41) is 38.3. The van der Waals surface area contributed by atoms with Gasteiger partial charge in [0.15, 0.2) is 0 Å². The topological polar surface area (TPSA) is 54.1 Å². The van der Waals surface area contributed by atoms with Gasteiger partial charge in [0.1, 0.15) is 12.1 Å². The highest BCUT2D eigenvalue weighted by molar-refractivity contribution is 6.27. The SMILES string of the molecule is CC1(C)c2ccccc2-c2ccc(N(c3ccc4ccc5ccccc5c4c3)c3cc4ccc5c(C#N)c(N(c6ccc7c(c6)C(C)(C)c6ccccc6-7)c6ccc7ccc8ccccc8c7c6)cc6ccc(c3C#N)c4c65)cc21. The van der Waals surface area contributed by atoms with E-state index in [1.807, 2.05) is 0 Å². The highest BCUT2D eigenvalue weighted by Crippen LogP contribution is 2.55. The first kappa shape index (κ1) is 45.9. The summed E-state index contributed by atoms with van der Waals surface area (Å²) in [5.74, 6) is 0. The van der Waals surface area contributed by atoms with Gasteiger partial charge < -0.3 is 9.80 Å². The predicted octanol–water partition coefficient (Wildman–Crippen LogP) is 20.5. The third-order valence-corrected chi connectivity index (χ3v) is 18.2. The van der Waals surface area contributed by atoms with Crippen molar-refractivity contribution in [1.29, 1.82) is 10.5 Å². The number of nitrogens with zero attached hydrogens (tertiary/aromatic N) is 4. The second-order valence-corrected chi connectivity index (χ2v) is 23.0. The molecule has 374 valence electrons. The fourth-order valence-corrected chi connectivity index (χ4v) is 14.3. The van der Waals surface area contributed by atoms with E-state index in [-0.39, 0.29) is 10.8 Å². The summed E-state index contributed by atoms with van der Waals surface area (Å²) in [6, 6.07) is 89.0. The molecule has 80 heavy (non-hydrogen) atoms. The van der Waals surface area contributed by atoms with Crippen molar-refractivity contribution >= 4 is 110 Å². The third kappa shape index (κ3) is 6.36. The van der Waals surface area contributed by atoms with E-state index in [0.717, 1.165) is 88.0 Å². The molecule has 0 aliphatic heterocycles. The van der Waals surface area contributed by atoms with Crippen LogP contribution in [0.4, 0.5) is 34.1 Å². The van der Waals surface area contributed by atoms with Gasteiger partial charge >= 0.3 is 0 Å². The van der Waals surface area contributed by atoms with Crippen LogP contribution in [-0.2, 0) is 10.8 Å². The average molecular weight is 1020 g/mol. The van der Waals surface area contributed by atoms with Crippen LogP contribution in [0.5, 0.6) is 0 Å². The fraction of sp³-hybridized carbons (Fsp3) is 0.0789. The summed E-state index contributed by atoms with van der Waals surface area (Å²) >= 11 is 0. The van der Waals surface area contributed by atoms with Crippen LogP contribution in [0.1, 0.15) is 61.1 Å². The van der Waals surface area contributed by atoms with Gasteiger partial charge in [-0.2, -0.15) is 10.5 Å². The molecule has 2 aliphatic carbocycles. The van der Waals surface area contributed by atoms with Crippen molar-refractivity contribution in [2.45, 2.75) is 38.5 Å². The zero-order chi connectivity index (χ0) is 53.8. The van der Waals surface area contributed by atoms with Gasteiger partial charge in [0, 0.05) is 44.4 Å². The number of hydrogen-bond donors (Lipinski definition) is 0. The minimum Gasteiger partial charge on any atom is -0.309 e. The van der Waals surface area contributed by atoms with Gasteiger partial charge in [-0.05, 0) is 170 Å². The average Bonchev–Trinajstić information content (AvgIpc) is 3.94. The molecule has 0 spiro atoms. The Morgan fingerprint density at radius 1 is 0.287 bits per heavy atom. The van der Waals surface area contributed by atoms with Crippen LogP contribution in [0, 0.1) is 22.7 Å². The minimum atomic E-state index is -0.239. The molecule has 0 saturated heterocycles. The van der Waals surface area contributed by atoms with E-state index in [2.05, 4.69) is 280 Å². The first-order valence-corrected chi connectivity index (χ1v) is 27.6. The molecule has 0 saturated carbocycles. The standard InChI is InChI=1S/C76H50N4/c1-75(2)67-19-11-9-17-57(67)59-35-31-53(41-69(59)75)79(51-29-25-47-23-21-45-13-5-7-15-55(45)63(47)39-51)71-37-49-27-34-62-66(44-78)72(38-50-28-33-61(65(71)43-77)73(49)74(50)62)80(52-30-26-48-24-22-46-14-6-8-16-56(46)64(48)40-52)54-32-36-60-58-18-10-12-20-68(58)76(3,4)70(60)42-54/h5-42H,1-4H3. The molecule has 2 aliphatic rings. The minimum absolute atomic E-state index is 0.239. The van der Waals surface area contributed by atoms with Gasteiger partial charge in [-0.3, -0.25) is 0 Å². The van der Waals surface area contributed by atoms with Gasteiger partial charge in [0.2, 0.25) is 0 Å². The first-order valence-electron chi connectivity index (χ1n) is 27.6. The van der Waals surface area contributed by atoms with E-state index in [4.69, 9.17) is 0 Å². The zero-order valence-electron chi connectivity index (χ0n) is 44.7. The third-order valence-electron chi connectivity index (χ3n) is 18.2. The Balaban J connectivity index is 0.925. The second kappa shape index (κ2) is 16.6. The smallest absolute Gasteiger partial charge is 0.102 e. The Morgan fingerprint density at radius 3 is 1.06 bits per heavy atom. The molecule has 16 rings (SSSR count). The van der Waals surface area contributed by atoms with Crippen LogP contribution in [0.25, 0.3) is 97.7 Å². The number of anilines is 6. The molecule has 14 aromatic carbocycles. The van der Waals surface area contributed by atoms with Crippen LogP contribution in [-0.4, -0.2) is 0 Å². The van der Waals surface area contributed by atoms with Crippen molar-refractivity contribution in [3.63, 3.8) is 0 Å². The van der Waals surface area contributed by atoms with E-state index in [1.165, 1.54) is 66.1 Å². The number of fused-ring (bicyclic) bond motifs is 12. The van der Waals surface area contributed by atoms with E-state index >= 15 is 0 Å². The van der Waals surface area contributed by atoms with Crippen molar-refractivity contribution in [3.8, 4) is 34.4 Å². The lowest BCUT2D eigenvalue weighted by Crippen LogP contribution is -2.17. The maximum absolute atomic E-state index is 11.7. The highest BCUT2D eigenvalue weighted by Gasteiger charge is 2.38.